The van der Waals surface area contributed by atoms with Crippen molar-refractivity contribution in [2.24, 2.45) is 11.8 Å². The molecule has 1 aromatic carbocycles. The molecule has 2 aliphatic rings. The second-order valence-corrected chi connectivity index (χ2v) is 8.13. The molecule has 0 heterocycles. The topological polar surface area (TPSA) is 95.5 Å². The Kier molecular flexibility index (Phi) is 7.06. The van der Waals surface area contributed by atoms with Gasteiger partial charge in [-0.25, -0.2) is 4.79 Å². The summed E-state index contributed by atoms with van der Waals surface area (Å²) in [6.07, 6.45) is 7.42. The number of hydrogen-bond acceptors (Lipinski definition) is 3. The standard InChI is InChI=1S/C22H30N2O4/c25-20(16-8-4-5-9-16)23-18-12-10-17(11-13-18)21(26)24-19(22(27)28)14-15-6-2-1-3-7-15/h1-3,6-7,16-19H,4-5,8-14H2,(H,23,25)(H,24,26)(H,27,28). The third kappa shape index (κ3) is 5.57. The Hall–Kier alpha value is -2.37. The highest BCUT2D eigenvalue weighted by Gasteiger charge is 2.31. The van der Waals surface area contributed by atoms with E-state index in [1.54, 1.807) is 0 Å². The van der Waals surface area contributed by atoms with E-state index in [1.807, 2.05) is 30.3 Å². The van der Waals surface area contributed by atoms with Gasteiger partial charge in [-0.15, -0.1) is 0 Å². The molecule has 2 saturated carbocycles. The molecule has 2 aliphatic carbocycles. The largest absolute Gasteiger partial charge is 0.480 e. The van der Waals surface area contributed by atoms with E-state index in [2.05, 4.69) is 10.6 Å². The van der Waals surface area contributed by atoms with Crippen LogP contribution in [0.25, 0.3) is 0 Å². The van der Waals surface area contributed by atoms with Crippen molar-refractivity contribution in [2.45, 2.75) is 69.9 Å². The van der Waals surface area contributed by atoms with E-state index in [0.29, 0.717) is 12.8 Å². The van der Waals surface area contributed by atoms with Crippen LogP contribution in [0.3, 0.4) is 0 Å². The third-order valence-corrected chi connectivity index (χ3v) is 6.07. The molecule has 2 amide bonds. The van der Waals surface area contributed by atoms with Crippen LogP contribution >= 0.6 is 0 Å². The maximum atomic E-state index is 12.6. The third-order valence-electron chi connectivity index (χ3n) is 6.07. The second-order valence-electron chi connectivity index (χ2n) is 8.13. The van der Waals surface area contributed by atoms with Crippen molar-refractivity contribution < 1.29 is 19.5 Å². The van der Waals surface area contributed by atoms with Crippen molar-refractivity contribution >= 4 is 17.8 Å². The minimum absolute atomic E-state index is 0.136. The van der Waals surface area contributed by atoms with E-state index < -0.39 is 12.0 Å². The van der Waals surface area contributed by atoms with Crippen molar-refractivity contribution in [3.63, 3.8) is 0 Å². The predicted octanol–water partition coefficient (Wildman–Crippen LogP) is 2.66. The van der Waals surface area contributed by atoms with Gasteiger partial charge in [0.1, 0.15) is 6.04 Å². The summed E-state index contributed by atoms with van der Waals surface area (Å²) in [5.41, 5.74) is 0.883. The quantitative estimate of drug-likeness (QED) is 0.671. The maximum Gasteiger partial charge on any atom is 0.326 e. The molecule has 6 heteroatoms. The SMILES string of the molecule is O=C(NC1CCC(C(=O)NC(Cc2ccccc2)C(=O)O)CC1)C1CCCC1. The highest BCUT2D eigenvalue weighted by Crippen LogP contribution is 2.28. The van der Waals surface area contributed by atoms with Crippen LogP contribution in [0.1, 0.15) is 56.9 Å². The van der Waals surface area contributed by atoms with Gasteiger partial charge in [0.05, 0.1) is 0 Å². The number of hydrogen-bond donors (Lipinski definition) is 3. The molecular weight excluding hydrogens is 356 g/mol. The average molecular weight is 386 g/mol. The summed E-state index contributed by atoms with van der Waals surface area (Å²) in [5, 5.41) is 15.3. The molecule has 3 rings (SSSR count). The lowest BCUT2D eigenvalue weighted by Gasteiger charge is -2.30. The van der Waals surface area contributed by atoms with E-state index in [0.717, 1.165) is 44.1 Å². The number of aliphatic carboxylic acids is 1. The minimum Gasteiger partial charge on any atom is -0.480 e. The highest BCUT2D eigenvalue weighted by atomic mass is 16.4. The van der Waals surface area contributed by atoms with Gasteiger partial charge in [0.2, 0.25) is 11.8 Å². The molecule has 0 aliphatic heterocycles. The molecule has 0 spiro atoms. The lowest BCUT2D eigenvalue weighted by Crippen LogP contribution is -2.47. The summed E-state index contributed by atoms with van der Waals surface area (Å²) < 4.78 is 0. The zero-order valence-corrected chi connectivity index (χ0v) is 16.2. The first kappa shape index (κ1) is 20.4. The van der Waals surface area contributed by atoms with Gasteiger partial charge in [-0.1, -0.05) is 43.2 Å². The molecule has 0 bridgehead atoms. The van der Waals surface area contributed by atoms with E-state index >= 15 is 0 Å². The van der Waals surface area contributed by atoms with Crippen molar-refractivity contribution in [2.75, 3.05) is 0 Å². The number of amides is 2. The fourth-order valence-corrected chi connectivity index (χ4v) is 4.35. The summed E-state index contributed by atoms with van der Waals surface area (Å²) in [6, 6.07) is 8.53. The van der Waals surface area contributed by atoms with Gasteiger partial charge >= 0.3 is 5.97 Å². The van der Waals surface area contributed by atoms with Gasteiger partial charge in [-0.2, -0.15) is 0 Å². The molecule has 1 aromatic rings. The maximum absolute atomic E-state index is 12.6. The summed E-state index contributed by atoms with van der Waals surface area (Å²) in [7, 11) is 0. The summed E-state index contributed by atoms with van der Waals surface area (Å²) in [5.74, 6) is -1.06. The van der Waals surface area contributed by atoms with Crippen LogP contribution in [0.5, 0.6) is 0 Å². The van der Waals surface area contributed by atoms with Gasteiger partial charge in [-0.3, -0.25) is 9.59 Å². The Morgan fingerprint density at radius 2 is 1.50 bits per heavy atom. The molecule has 0 saturated heterocycles. The van der Waals surface area contributed by atoms with Crippen LogP contribution in [0.2, 0.25) is 0 Å². The molecule has 6 nitrogen and oxygen atoms in total. The summed E-state index contributed by atoms with van der Waals surface area (Å²) in [6.45, 7) is 0. The van der Waals surface area contributed by atoms with Gasteiger partial charge in [0.15, 0.2) is 0 Å². The first-order valence-corrected chi connectivity index (χ1v) is 10.4. The highest BCUT2D eigenvalue weighted by molar-refractivity contribution is 5.85. The summed E-state index contributed by atoms with van der Waals surface area (Å²) in [4.78, 5) is 36.4. The Labute approximate surface area is 166 Å². The molecule has 152 valence electrons. The number of carbonyl (C=O) groups excluding carboxylic acids is 2. The predicted molar refractivity (Wildman–Crippen MR) is 106 cm³/mol. The van der Waals surface area contributed by atoms with Crippen LogP contribution < -0.4 is 10.6 Å². The normalized spacial score (nSPS) is 23.7. The number of carboxylic acid groups (broad SMARTS) is 1. The summed E-state index contributed by atoms with van der Waals surface area (Å²) >= 11 is 0. The number of benzene rings is 1. The molecular formula is C22H30N2O4. The smallest absolute Gasteiger partial charge is 0.326 e. The van der Waals surface area contributed by atoms with Crippen LogP contribution in [-0.4, -0.2) is 35.0 Å². The van der Waals surface area contributed by atoms with Crippen LogP contribution in [0.15, 0.2) is 30.3 Å². The zero-order chi connectivity index (χ0) is 19.9. The number of carboxylic acids is 1. The molecule has 0 radical (unpaired) electrons. The molecule has 3 N–H and O–H groups in total. The van der Waals surface area contributed by atoms with E-state index in [-0.39, 0.29) is 36.1 Å². The van der Waals surface area contributed by atoms with Gasteiger partial charge in [0, 0.05) is 24.3 Å². The van der Waals surface area contributed by atoms with Gasteiger partial charge in [-0.05, 0) is 44.1 Å². The Balaban J connectivity index is 1.45. The minimum atomic E-state index is -1.02. The molecule has 1 atom stereocenters. The fraction of sp³-hybridized carbons (Fsp3) is 0.591. The Morgan fingerprint density at radius 3 is 2.11 bits per heavy atom. The average Bonchev–Trinajstić information content (AvgIpc) is 3.24. The molecule has 0 aromatic heterocycles. The van der Waals surface area contributed by atoms with Crippen LogP contribution in [0.4, 0.5) is 0 Å². The number of nitrogens with one attached hydrogen (secondary N) is 2. The van der Waals surface area contributed by atoms with Crippen LogP contribution in [-0.2, 0) is 20.8 Å². The van der Waals surface area contributed by atoms with Gasteiger partial charge in [0.25, 0.3) is 0 Å². The Bertz CT molecular complexity index is 677. The van der Waals surface area contributed by atoms with Crippen molar-refractivity contribution in [1.29, 1.82) is 0 Å². The van der Waals surface area contributed by atoms with Gasteiger partial charge < -0.3 is 15.7 Å². The second kappa shape index (κ2) is 9.71. The number of carbonyl (C=O) groups is 3. The fourth-order valence-electron chi connectivity index (χ4n) is 4.35. The monoisotopic (exact) mass is 386 g/mol. The first-order chi connectivity index (χ1) is 13.5. The van der Waals surface area contributed by atoms with E-state index in [1.165, 1.54) is 0 Å². The van der Waals surface area contributed by atoms with E-state index in [4.69, 9.17) is 0 Å². The molecule has 28 heavy (non-hydrogen) atoms. The number of rotatable bonds is 7. The lowest BCUT2D eigenvalue weighted by atomic mass is 9.85. The molecule has 2 fully saturated rings. The van der Waals surface area contributed by atoms with E-state index in [9.17, 15) is 19.5 Å². The first-order valence-electron chi connectivity index (χ1n) is 10.4. The Morgan fingerprint density at radius 1 is 0.893 bits per heavy atom. The van der Waals surface area contributed by atoms with Crippen molar-refractivity contribution in [3.05, 3.63) is 35.9 Å². The van der Waals surface area contributed by atoms with Crippen LogP contribution in [0, 0.1) is 11.8 Å². The van der Waals surface area contributed by atoms with Crippen molar-refractivity contribution in [3.8, 4) is 0 Å². The molecule has 1 unspecified atom stereocenters. The zero-order valence-electron chi connectivity index (χ0n) is 16.2. The van der Waals surface area contributed by atoms with Crippen molar-refractivity contribution in [1.82, 2.24) is 10.6 Å². The lowest BCUT2D eigenvalue weighted by molar-refractivity contribution is -0.142.